The Bertz CT molecular complexity index is 935. The van der Waals surface area contributed by atoms with Crippen LogP contribution in [0.4, 0.5) is 4.79 Å². The highest BCUT2D eigenvalue weighted by Crippen LogP contribution is 2.33. The maximum atomic E-state index is 12.8. The minimum absolute atomic E-state index is 0.0863. The Balaban J connectivity index is 1.51. The predicted molar refractivity (Wildman–Crippen MR) is 105 cm³/mol. The zero-order valence-corrected chi connectivity index (χ0v) is 15.4. The summed E-state index contributed by atoms with van der Waals surface area (Å²) in [6.45, 7) is 5.00. The predicted octanol–water partition coefficient (Wildman–Crippen LogP) is 2.90. The number of hydrogen-bond donors (Lipinski definition) is 2. The van der Waals surface area contributed by atoms with E-state index < -0.39 is 6.04 Å². The number of ether oxygens (including phenoxy) is 1. The number of nitrogens with zero attached hydrogens (tertiary/aromatic N) is 1. The minimum Gasteiger partial charge on any atom is -0.489 e. The molecule has 0 spiro atoms. The summed E-state index contributed by atoms with van der Waals surface area (Å²) in [5.74, 6) is 0.643. The zero-order chi connectivity index (χ0) is 19.5. The lowest BCUT2D eigenvalue weighted by molar-refractivity contribution is -0.125. The summed E-state index contributed by atoms with van der Waals surface area (Å²) in [4.78, 5) is 26.5. The lowest BCUT2D eigenvalue weighted by atomic mass is 9.96. The lowest BCUT2D eigenvalue weighted by Gasteiger charge is -2.25. The van der Waals surface area contributed by atoms with Gasteiger partial charge in [-0.3, -0.25) is 4.79 Å². The third-order valence-corrected chi connectivity index (χ3v) is 4.83. The molecule has 6 nitrogen and oxygen atoms in total. The Morgan fingerprint density at radius 2 is 1.86 bits per heavy atom. The number of amides is 3. The van der Waals surface area contributed by atoms with Gasteiger partial charge in [0.25, 0.3) is 5.91 Å². The van der Waals surface area contributed by atoms with Crippen molar-refractivity contribution in [3.63, 3.8) is 0 Å². The Morgan fingerprint density at radius 3 is 2.57 bits per heavy atom. The lowest BCUT2D eigenvalue weighted by Crippen LogP contribution is -2.44. The summed E-state index contributed by atoms with van der Waals surface area (Å²) < 4.78 is 5.81. The molecule has 0 aliphatic carbocycles. The molecule has 0 saturated carbocycles. The number of carbonyl (C=O) groups excluding carboxylic acids is 2. The number of benzene rings is 2. The Labute approximate surface area is 163 Å². The number of hydrogen-bond acceptors (Lipinski definition) is 3. The first-order valence-corrected chi connectivity index (χ1v) is 9.13. The molecule has 2 N–H and O–H groups in total. The van der Waals surface area contributed by atoms with Crippen LogP contribution in [0.2, 0.25) is 0 Å². The van der Waals surface area contributed by atoms with Crippen LogP contribution in [-0.4, -0.2) is 29.9 Å². The molecule has 2 heterocycles. The molecule has 1 unspecified atom stereocenters. The molecule has 2 aliphatic heterocycles. The van der Waals surface area contributed by atoms with Gasteiger partial charge in [0.15, 0.2) is 0 Å². The van der Waals surface area contributed by atoms with Gasteiger partial charge in [0.05, 0.1) is 23.9 Å². The van der Waals surface area contributed by atoms with Crippen LogP contribution in [0, 0.1) is 0 Å². The van der Waals surface area contributed by atoms with Crippen LogP contribution in [0.5, 0.6) is 5.75 Å². The number of carbonyl (C=O) groups is 2. The molecule has 0 bridgehead atoms. The maximum absolute atomic E-state index is 12.8. The van der Waals surface area contributed by atoms with Gasteiger partial charge in [-0.15, -0.1) is 6.58 Å². The second kappa shape index (κ2) is 7.60. The third-order valence-electron chi connectivity index (χ3n) is 4.83. The van der Waals surface area contributed by atoms with E-state index >= 15 is 0 Å². The van der Waals surface area contributed by atoms with Crippen molar-refractivity contribution in [1.82, 2.24) is 15.5 Å². The average molecular weight is 375 g/mol. The van der Waals surface area contributed by atoms with Gasteiger partial charge in [0, 0.05) is 6.54 Å². The highest BCUT2D eigenvalue weighted by molar-refractivity contribution is 6.01. The third kappa shape index (κ3) is 3.49. The van der Waals surface area contributed by atoms with Gasteiger partial charge in [-0.05, 0) is 23.3 Å². The number of nitrogens with one attached hydrogen (secondary N) is 2. The maximum Gasteiger partial charge on any atom is 0.319 e. The molecule has 0 saturated heterocycles. The van der Waals surface area contributed by atoms with E-state index in [1.807, 2.05) is 54.6 Å². The van der Waals surface area contributed by atoms with Gasteiger partial charge in [-0.25, -0.2) is 4.79 Å². The summed E-state index contributed by atoms with van der Waals surface area (Å²) in [6, 6.07) is 16.6. The van der Waals surface area contributed by atoms with Crippen LogP contribution in [0.15, 0.2) is 78.5 Å². The second-order valence-electron chi connectivity index (χ2n) is 6.74. The molecular weight excluding hydrogens is 354 g/mol. The summed E-state index contributed by atoms with van der Waals surface area (Å²) in [5, 5.41) is 5.61. The van der Waals surface area contributed by atoms with Crippen LogP contribution in [0.3, 0.4) is 0 Å². The SMILES string of the molecule is C=CCN1CC2=C(C1=O)C(c1ccc(OCc3ccccc3)cc1)NC(=O)N2. The topological polar surface area (TPSA) is 70.7 Å². The Hall–Kier alpha value is -3.54. The highest BCUT2D eigenvalue weighted by Gasteiger charge is 2.39. The number of rotatable bonds is 6. The van der Waals surface area contributed by atoms with E-state index in [4.69, 9.17) is 4.74 Å². The molecule has 2 aromatic rings. The average Bonchev–Trinajstić information content (AvgIpc) is 3.02. The molecule has 3 amide bonds. The van der Waals surface area contributed by atoms with E-state index in [0.717, 1.165) is 16.9 Å². The largest absolute Gasteiger partial charge is 0.489 e. The fourth-order valence-corrected chi connectivity index (χ4v) is 3.48. The number of urea groups is 1. The van der Waals surface area contributed by atoms with Gasteiger partial charge < -0.3 is 20.3 Å². The molecule has 1 atom stereocenters. The van der Waals surface area contributed by atoms with E-state index in [1.165, 1.54) is 0 Å². The molecule has 6 heteroatoms. The Kier molecular flexibility index (Phi) is 4.85. The standard InChI is InChI=1S/C22H21N3O3/c1-2-12-25-13-18-19(21(25)26)20(24-22(27)23-18)16-8-10-17(11-9-16)28-14-15-6-4-3-5-7-15/h2-11,20H,1,12-14H2,(H2,23,24,27). The van der Waals surface area contributed by atoms with Gasteiger partial charge >= 0.3 is 6.03 Å². The fraction of sp³-hybridized carbons (Fsp3) is 0.182. The first-order valence-electron chi connectivity index (χ1n) is 9.13. The smallest absolute Gasteiger partial charge is 0.319 e. The van der Waals surface area contributed by atoms with Gasteiger partial charge in [0.1, 0.15) is 12.4 Å². The fourth-order valence-electron chi connectivity index (χ4n) is 3.48. The van der Waals surface area contributed by atoms with Crippen molar-refractivity contribution >= 4 is 11.9 Å². The normalized spacial score (nSPS) is 18.4. The first-order chi connectivity index (χ1) is 13.7. The van der Waals surface area contributed by atoms with Crippen molar-refractivity contribution in [3.8, 4) is 5.75 Å². The van der Waals surface area contributed by atoms with Gasteiger partial charge in [0.2, 0.25) is 0 Å². The monoisotopic (exact) mass is 375 g/mol. The molecule has 142 valence electrons. The molecule has 0 aromatic heterocycles. The van der Waals surface area contributed by atoms with Crippen molar-refractivity contribution in [2.45, 2.75) is 12.6 Å². The van der Waals surface area contributed by atoms with Crippen LogP contribution in [0.25, 0.3) is 0 Å². The molecule has 4 rings (SSSR count). The van der Waals surface area contributed by atoms with E-state index in [2.05, 4.69) is 17.2 Å². The highest BCUT2D eigenvalue weighted by atomic mass is 16.5. The molecular formula is C22H21N3O3. The first kappa shape index (κ1) is 17.9. The minimum atomic E-state index is -0.478. The van der Waals surface area contributed by atoms with Crippen LogP contribution in [-0.2, 0) is 11.4 Å². The van der Waals surface area contributed by atoms with Gasteiger partial charge in [-0.1, -0.05) is 48.5 Å². The van der Waals surface area contributed by atoms with Crippen molar-refractivity contribution in [2.24, 2.45) is 0 Å². The summed E-state index contributed by atoms with van der Waals surface area (Å²) in [7, 11) is 0. The summed E-state index contributed by atoms with van der Waals surface area (Å²) in [5.41, 5.74) is 3.17. The van der Waals surface area contributed by atoms with Crippen molar-refractivity contribution < 1.29 is 14.3 Å². The van der Waals surface area contributed by atoms with E-state index in [9.17, 15) is 9.59 Å². The molecule has 2 aromatic carbocycles. The Morgan fingerprint density at radius 1 is 1.11 bits per heavy atom. The molecule has 28 heavy (non-hydrogen) atoms. The van der Waals surface area contributed by atoms with Crippen LogP contribution < -0.4 is 15.4 Å². The quantitative estimate of drug-likeness (QED) is 0.763. The molecule has 0 fully saturated rings. The summed E-state index contributed by atoms with van der Waals surface area (Å²) >= 11 is 0. The van der Waals surface area contributed by atoms with Crippen LogP contribution in [0.1, 0.15) is 17.2 Å². The van der Waals surface area contributed by atoms with Crippen LogP contribution >= 0.6 is 0 Å². The second-order valence-corrected chi connectivity index (χ2v) is 6.74. The van der Waals surface area contributed by atoms with E-state index in [0.29, 0.717) is 31.0 Å². The van der Waals surface area contributed by atoms with Gasteiger partial charge in [-0.2, -0.15) is 0 Å². The summed E-state index contributed by atoms with van der Waals surface area (Å²) in [6.07, 6.45) is 1.68. The van der Waals surface area contributed by atoms with E-state index in [-0.39, 0.29) is 11.9 Å². The van der Waals surface area contributed by atoms with Crippen molar-refractivity contribution in [2.75, 3.05) is 13.1 Å². The molecule has 0 radical (unpaired) electrons. The van der Waals surface area contributed by atoms with Crippen molar-refractivity contribution in [3.05, 3.63) is 89.6 Å². The molecule has 2 aliphatic rings. The van der Waals surface area contributed by atoms with E-state index in [1.54, 1.807) is 11.0 Å². The zero-order valence-electron chi connectivity index (χ0n) is 15.4. The van der Waals surface area contributed by atoms with Crippen molar-refractivity contribution in [1.29, 1.82) is 0 Å².